The van der Waals surface area contributed by atoms with Gasteiger partial charge in [-0.15, -0.1) is 11.3 Å². The van der Waals surface area contributed by atoms with Gasteiger partial charge in [0.25, 0.3) is 0 Å². The highest BCUT2D eigenvalue weighted by atomic mass is 35.5. The van der Waals surface area contributed by atoms with Crippen molar-refractivity contribution in [3.05, 3.63) is 45.4 Å². The first kappa shape index (κ1) is 15.3. The van der Waals surface area contributed by atoms with Crippen LogP contribution in [0.5, 0.6) is 0 Å². The number of sulfone groups is 1. The second-order valence-electron chi connectivity index (χ2n) is 4.42. The van der Waals surface area contributed by atoms with E-state index in [1.807, 2.05) is 13.0 Å². The lowest BCUT2D eigenvalue weighted by Gasteiger charge is -2.15. The van der Waals surface area contributed by atoms with Crippen molar-refractivity contribution in [3.63, 3.8) is 0 Å². The van der Waals surface area contributed by atoms with Gasteiger partial charge >= 0.3 is 0 Å². The maximum absolute atomic E-state index is 13.8. The Labute approximate surface area is 126 Å². The van der Waals surface area contributed by atoms with Crippen molar-refractivity contribution < 1.29 is 12.8 Å². The van der Waals surface area contributed by atoms with Gasteiger partial charge in [0.1, 0.15) is 5.82 Å². The summed E-state index contributed by atoms with van der Waals surface area (Å²) >= 11 is 7.25. The fourth-order valence-electron chi connectivity index (χ4n) is 1.71. The summed E-state index contributed by atoms with van der Waals surface area (Å²) in [5.41, 5.74) is 0.157. The van der Waals surface area contributed by atoms with Crippen molar-refractivity contribution in [2.75, 3.05) is 11.6 Å². The minimum absolute atomic E-state index is 0.0813. The van der Waals surface area contributed by atoms with Crippen LogP contribution >= 0.6 is 22.9 Å². The zero-order chi connectivity index (χ0) is 14.9. The summed E-state index contributed by atoms with van der Waals surface area (Å²) in [6.45, 7) is 1.86. The van der Waals surface area contributed by atoms with Gasteiger partial charge in [-0.3, -0.25) is 0 Å². The number of hydrogen-bond acceptors (Lipinski definition) is 4. The first-order chi connectivity index (χ1) is 9.27. The third kappa shape index (κ3) is 3.50. The normalized spacial score (nSPS) is 13.2. The number of halogens is 2. The zero-order valence-electron chi connectivity index (χ0n) is 10.9. The molecule has 7 heteroatoms. The number of anilines is 1. The Morgan fingerprint density at radius 2 is 2.00 bits per heavy atom. The predicted molar refractivity (Wildman–Crippen MR) is 80.9 cm³/mol. The largest absolute Gasteiger partial charge is 0.375 e. The summed E-state index contributed by atoms with van der Waals surface area (Å²) in [5, 5.41) is 2.96. The molecule has 1 unspecified atom stereocenters. The second kappa shape index (κ2) is 5.71. The van der Waals surface area contributed by atoms with E-state index in [-0.39, 0.29) is 16.6 Å². The Morgan fingerprint density at radius 1 is 1.30 bits per heavy atom. The molecule has 0 fully saturated rings. The highest BCUT2D eigenvalue weighted by Gasteiger charge is 2.14. The molecule has 0 saturated carbocycles. The molecule has 0 aliphatic carbocycles. The van der Waals surface area contributed by atoms with Crippen LogP contribution in [0.4, 0.5) is 10.1 Å². The van der Waals surface area contributed by atoms with E-state index >= 15 is 0 Å². The number of rotatable bonds is 4. The Morgan fingerprint density at radius 3 is 2.55 bits per heavy atom. The molecule has 0 saturated heterocycles. The van der Waals surface area contributed by atoms with Gasteiger partial charge in [0.05, 0.1) is 21.0 Å². The van der Waals surface area contributed by atoms with E-state index in [1.54, 1.807) is 6.07 Å². The van der Waals surface area contributed by atoms with E-state index in [1.165, 1.54) is 23.5 Å². The van der Waals surface area contributed by atoms with Crippen LogP contribution in [-0.2, 0) is 9.84 Å². The average molecular weight is 334 g/mol. The number of hydrogen-bond donors (Lipinski definition) is 1. The Bertz CT molecular complexity index is 728. The SMILES string of the molecule is CC(Nc1cc(S(C)(=O)=O)ccc1F)c1ccc(Cl)s1. The smallest absolute Gasteiger partial charge is 0.175 e. The molecule has 1 N–H and O–H groups in total. The molecular formula is C13H13ClFNO2S2. The van der Waals surface area contributed by atoms with E-state index in [0.29, 0.717) is 4.34 Å². The van der Waals surface area contributed by atoms with Crippen molar-refractivity contribution in [2.45, 2.75) is 17.9 Å². The van der Waals surface area contributed by atoms with Gasteiger partial charge in [0, 0.05) is 11.1 Å². The molecule has 1 aromatic heterocycles. The van der Waals surface area contributed by atoms with Gasteiger partial charge in [-0.05, 0) is 37.3 Å². The highest BCUT2D eigenvalue weighted by Crippen LogP contribution is 2.30. The minimum atomic E-state index is -3.36. The van der Waals surface area contributed by atoms with Crippen molar-refractivity contribution >= 4 is 38.5 Å². The second-order valence-corrected chi connectivity index (χ2v) is 8.18. The van der Waals surface area contributed by atoms with Gasteiger partial charge in [-0.2, -0.15) is 0 Å². The van der Waals surface area contributed by atoms with Crippen molar-refractivity contribution in [2.24, 2.45) is 0 Å². The molecule has 0 radical (unpaired) electrons. The summed E-state index contributed by atoms with van der Waals surface area (Å²) in [4.78, 5) is 1.02. The number of nitrogens with one attached hydrogen (secondary N) is 1. The van der Waals surface area contributed by atoms with E-state index in [9.17, 15) is 12.8 Å². The molecule has 2 aromatic rings. The molecule has 1 aromatic carbocycles. The van der Waals surface area contributed by atoms with Crippen LogP contribution in [-0.4, -0.2) is 14.7 Å². The first-order valence-corrected chi connectivity index (χ1v) is 8.87. The first-order valence-electron chi connectivity index (χ1n) is 5.79. The van der Waals surface area contributed by atoms with Gasteiger partial charge in [0.15, 0.2) is 9.84 Å². The van der Waals surface area contributed by atoms with E-state index < -0.39 is 15.7 Å². The fourth-order valence-corrected chi connectivity index (χ4v) is 3.42. The molecular weight excluding hydrogens is 321 g/mol. The average Bonchev–Trinajstić information content (AvgIpc) is 2.77. The molecule has 0 amide bonds. The van der Waals surface area contributed by atoms with E-state index in [2.05, 4.69) is 5.32 Å². The Balaban J connectivity index is 2.29. The van der Waals surface area contributed by atoms with Gasteiger partial charge in [-0.25, -0.2) is 12.8 Å². The predicted octanol–water partition coefficient (Wildman–Crippen LogP) is 4.12. The van der Waals surface area contributed by atoms with Crippen LogP contribution in [0.15, 0.2) is 35.2 Å². The lowest BCUT2D eigenvalue weighted by Crippen LogP contribution is -2.08. The van der Waals surface area contributed by atoms with Gasteiger partial charge in [0.2, 0.25) is 0 Å². The lowest BCUT2D eigenvalue weighted by molar-refractivity contribution is 0.600. The van der Waals surface area contributed by atoms with Gasteiger partial charge in [-0.1, -0.05) is 11.6 Å². The van der Waals surface area contributed by atoms with E-state index in [4.69, 9.17) is 11.6 Å². The molecule has 108 valence electrons. The van der Waals surface area contributed by atoms with E-state index in [0.717, 1.165) is 17.2 Å². The fraction of sp³-hybridized carbons (Fsp3) is 0.231. The Hall–Kier alpha value is -1.11. The minimum Gasteiger partial charge on any atom is -0.375 e. The van der Waals surface area contributed by atoms with Crippen LogP contribution in [0, 0.1) is 5.82 Å². The molecule has 0 aliphatic rings. The molecule has 0 spiro atoms. The van der Waals surface area contributed by atoms with Crippen LogP contribution in [0.3, 0.4) is 0 Å². The summed E-state index contributed by atoms with van der Waals surface area (Å²) in [6, 6.07) is 7.15. The Kier molecular flexibility index (Phi) is 4.36. The van der Waals surface area contributed by atoms with Crippen molar-refractivity contribution in [1.29, 1.82) is 0 Å². The topological polar surface area (TPSA) is 46.2 Å². The molecule has 3 nitrogen and oxygen atoms in total. The summed E-state index contributed by atoms with van der Waals surface area (Å²) < 4.78 is 37.4. The zero-order valence-corrected chi connectivity index (χ0v) is 13.2. The van der Waals surface area contributed by atoms with Crippen LogP contribution in [0.2, 0.25) is 4.34 Å². The van der Waals surface area contributed by atoms with Crippen LogP contribution in [0.25, 0.3) is 0 Å². The lowest BCUT2D eigenvalue weighted by atomic mass is 10.2. The van der Waals surface area contributed by atoms with Crippen molar-refractivity contribution in [3.8, 4) is 0 Å². The maximum Gasteiger partial charge on any atom is 0.175 e. The number of benzene rings is 1. The van der Waals surface area contributed by atoms with Crippen LogP contribution in [0.1, 0.15) is 17.8 Å². The van der Waals surface area contributed by atoms with Crippen LogP contribution < -0.4 is 5.32 Å². The molecule has 1 heterocycles. The highest BCUT2D eigenvalue weighted by molar-refractivity contribution is 7.90. The quantitative estimate of drug-likeness (QED) is 0.856. The summed E-state index contributed by atoms with van der Waals surface area (Å²) in [6.07, 6.45) is 1.09. The molecule has 0 bridgehead atoms. The third-order valence-corrected chi connectivity index (χ3v) is 5.28. The summed E-state index contributed by atoms with van der Waals surface area (Å²) in [7, 11) is -3.36. The summed E-state index contributed by atoms with van der Waals surface area (Å²) in [5.74, 6) is -0.494. The van der Waals surface area contributed by atoms with Gasteiger partial charge < -0.3 is 5.32 Å². The standard InChI is InChI=1S/C13H13ClFNO2S2/c1-8(12-5-6-13(14)19-12)16-11-7-9(20(2,17)18)3-4-10(11)15/h3-8,16H,1-2H3. The third-order valence-electron chi connectivity index (χ3n) is 2.76. The molecule has 1 atom stereocenters. The molecule has 2 rings (SSSR count). The number of thiophene rings is 1. The molecule has 0 aliphatic heterocycles. The maximum atomic E-state index is 13.8. The molecule has 20 heavy (non-hydrogen) atoms. The van der Waals surface area contributed by atoms with Crippen molar-refractivity contribution in [1.82, 2.24) is 0 Å². The monoisotopic (exact) mass is 333 g/mol.